The third-order valence-electron chi connectivity index (χ3n) is 2.49. The van der Waals surface area contributed by atoms with Crippen LogP contribution in [0.2, 0.25) is 0 Å². The zero-order valence-electron chi connectivity index (χ0n) is 9.00. The summed E-state index contributed by atoms with van der Waals surface area (Å²) in [6.07, 6.45) is 11.7. The molecule has 0 aliphatic carbocycles. The van der Waals surface area contributed by atoms with Crippen LogP contribution in [0.25, 0.3) is 0 Å². The second-order valence-electron chi connectivity index (χ2n) is 3.54. The van der Waals surface area contributed by atoms with Crippen molar-refractivity contribution in [2.45, 2.75) is 32.9 Å². The smallest absolute Gasteiger partial charge is 0.108 e. The van der Waals surface area contributed by atoms with E-state index in [0.29, 0.717) is 0 Å². The van der Waals surface area contributed by atoms with Gasteiger partial charge < -0.3 is 9.13 Å². The predicted molar refractivity (Wildman–Crippen MR) is 58.4 cm³/mol. The van der Waals surface area contributed by atoms with E-state index in [1.807, 2.05) is 31.1 Å². The number of rotatable bonds is 5. The normalized spacial score (nSPS) is 10.7. The van der Waals surface area contributed by atoms with Gasteiger partial charge >= 0.3 is 0 Å². The first kappa shape index (κ1) is 9.96. The van der Waals surface area contributed by atoms with E-state index in [2.05, 4.69) is 26.0 Å². The fourth-order valence-electron chi connectivity index (χ4n) is 1.70. The summed E-state index contributed by atoms with van der Waals surface area (Å²) in [7, 11) is 0. The lowest BCUT2D eigenvalue weighted by Crippen LogP contribution is -2.05. The van der Waals surface area contributed by atoms with E-state index in [9.17, 15) is 0 Å². The average molecular weight is 204 g/mol. The maximum Gasteiger partial charge on any atom is 0.108 e. The van der Waals surface area contributed by atoms with Crippen LogP contribution in [0, 0.1) is 0 Å². The Hall–Kier alpha value is -1.58. The van der Waals surface area contributed by atoms with E-state index in [-0.39, 0.29) is 0 Å². The molecule has 2 heterocycles. The Morgan fingerprint density at radius 2 is 2.13 bits per heavy atom. The minimum Gasteiger partial charge on any atom is -0.337 e. The van der Waals surface area contributed by atoms with Crippen molar-refractivity contribution in [3.63, 3.8) is 0 Å². The van der Waals surface area contributed by atoms with Crippen LogP contribution >= 0.6 is 0 Å². The van der Waals surface area contributed by atoms with Crippen molar-refractivity contribution in [1.82, 2.24) is 19.1 Å². The summed E-state index contributed by atoms with van der Waals surface area (Å²) in [5.41, 5.74) is 0. The third kappa shape index (κ3) is 2.46. The zero-order valence-corrected chi connectivity index (χ0v) is 9.00. The topological polar surface area (TPSA) is 35.6 Å². The summed E-state index contributed by atoms with van der Waals surface area (Å²) < 4.78 is 4.32. The maximum absolute atomic E-state index is 4.29. The summed E-state index contributed by atoms with van der Waals surface area (Å²) in [6, 6.07) is 0. The SMILES string of the molecule is CCc1nccn1CCCn1ccnc1. The van der Waals surface area contributed by atoms with E-state index in [1.165, 1.54) is 5.82 Å². The van der Waals surface area contributed by atoms with Crippen LogP contribution < -0.4 is 0 Å². The van der Waals surface area contributed by atoms with Crippen molar-refractivity contribution >= 4 is 0 Å². The molecule has 0 aromatic carbocycles. The largest absolute Gasteiger partial charge is 0.337 e. The molecule has 2 aromatic rings. The van der Waals surface area contributed by atoms with Gasteiger partial charge in [0, 0.05) is 44.3 Å². The highest BCUT2D eigenvalue weighted by Gasteiger charge is 1.99. The van der Waals surface area contributed by atoms with Gasteiger partial charge in [-0.25, -0.2) is 9.97 Å². The standard InChI is InChI=1S/C11H16N4/c1-2-11-13-5-9-15(11)7-3-6-14-8-4-12-10-14/h4-5,8-10H,2-3,6-7H2,1H3. The summed E-state index contributed by atoms with van der Waals surface area (Å²) in [5.74, 6) is 1.17. The number of hydrogen-bond donors (Lipinski definition) is 0. The molecule has 0 bridgehead atoms. The van der Waals surface area contributed by atoms with Gasteiger partial charge in [0.25, 0.3) is 0 Å². The van der Waals surface area contributed by atoms with Crippen molar-refractivity contribution in [1.29, 1.82) is 0 Å². The average Bonchev–Trinajstić information content (AvgIpc) is 2.88. The Morgan fingerprint density at radius 3 is 2.87 bits per heavy atom. The van der Waals surface area contributed by atoms with Crippen LogP contribution in [0.5, 0.6) is 0 Å². The number of imidazole rings is 2. The van der Waals surface area contributed by atoms with Crippen molar-refractivity contribution in [3.8, 4) is 0 Å². The summed E-state index contributed by atoms with van der Waals surface area (Å²) in [5, 5.41) is 0. The van der Waals surface area contributed by atoms with Crippen LogP contribution in [0.15, 0.2) is 31.1 Å². The number of hydrogen-bond acceptors (Lipinski definition) is 2. The molecular weight excluding hydrogens is 188 g/mol. The van der Waals surface area contributed by atoms with Gasteiger partial charge in [-0.1, -0.05) is 6.92 Å². The summed E-state index contributed by atoms with van der Waals surface area (Å²) in [4.78, 5) is 8.31. The first-order valence-electron chi connectivity index (χ1n) is 5.36. The molecule has 0 saturated heterocycles. The Labute approximate surface area is 89.6 Å². The highest BCUT2D eigenvalue weighted by Crippen LogP contribution is 2.01. The molecule has 0 atom stereocenters. The molecule has 0 aliphatic heterocycles. The lowest BCUT2D eigenvalue weighted by atomic mass is 10.4. The highest BCUT2D eigenvalue weighted by atomic mass is 15.1. The van der Waals surface area contributed by atoms with E-state index in [0.717, 1.165) is 25.9 Å². The van der Waals surface area contributed by atoms with E-state index in [4.69, 9.17) is 0 Å². The van der Waals surface area contributed by atoms with Crippen molar-refractivity contribution in [2.24, 2.45) is 0 Å². The second-order valence-corrected chi connectivity index (χ2v) is 3.54. The highest BCUT2D eigenvalue weighted by molar-refractivity contribution is 4.91. The predicted octanol–water partition coefficient (Wildman–Crippen LogP) is 1.73. The van der Waals surface area contributed by atoms with Gasteiger partial charge in [-0.15, -0.1) is 0 Å². The lowest BCUT2D eigenvalue weighted by Gasteiger charge is -2.06. The molecule has 0 radical (unpaired) electrons. The monoisotopic (exact) mass is 204 g/mol. The fraction of sp³-hybridized carbons (Fsp3) is 0.455. The van der Waals surface area contributed by atoms with Crippen molar-refractivity contribution in [3.05, 3.63) is 36.9 Å². The number of aromatic nitrogens is 4. The van der Waals surface area contributed by atoms with Crippen LogP contribution in [-0.4, -0.2) is 19.1 Å². The van der Waals surface area contributed by atoms with Gasteiger partial charge in [-0.05, 0) is 6.42 Å². The molecule has 0 N–H and O–H groups in total. The molecule has 0 fully saturated rings. The molecular formula is C11H16N4. The van der Waals surface area contributed by atoms with Gasteiger partial charge in [-0.3, -0.25) is 0 Å². The number of nitrogens with zero attached hydrogens (tertiary/aromatic N) is 4. The molecule has 0 saturated carbocycles. The van der Waals surface area contributed by atoms with Gasteiger partial charge in [0.15, 0.2) is 0 Å². The maximum atomic E-state index is 4.29. The molecule has 2 rings (SSSR count). The molecule has 4 nitrogen and oxygen atoms in total. The van der Waals surface area contributed by atoms with E-state index < -0.39 is 0 Å². The van der Waals surface area contributed by atoms with E-state index >= 15 is 0 Å². The minimum atomic E-state index is 0.998. The summed E-state index contributed by atoms with van der Waals surface area (Å²) in [6.45, 7) is 4.18. The van der Waals surface area contributed by atoms with Crippen molar-refractivity contribution < 1.29 is 0 Å². The molecule has 0 spiro atoms. The van der Waals surface area contributed by atoms with Crippen molar-refractivity contribution in [2.75, 3.05) is 0 Å². The Balaban J connectivity index is 1.83. The fourth-order valence-corrected chi connectivity index (χ4v) is 1.70. The summed E-state index contributed by atoms with van der Waals surface area (Å²) >= 11 is 0. The van der Waals surface area contributed by atoms with Crippen LogP contribution in [-0.2, 0) is 19.5 Å². The minimum absolute atomic E-state index is 0.998. The first-order chi connectivity index (χ1) is 7.40. The quantitative estimate of drug-likeness (QED) is 0.743. The molecule has 15 heavy (non-hydrogen) atoms. The molecule has 80 valence electrons. The Kier molecular flexibility index (Phi) is 3.17. The number of aryl methyl sites for hydroxylation is 3. The Bertz CT molecular complexity index is 388. The van der Waals surface area contributed by atoms with Gasteiger partial charge in [-0.2, -0.15) is 0 Å². The third-order valence-corrected chi connectivity index (χ3v) is 2.49. The molecule has 4 heteroatoms. The first-order valence-corrected chi connectivity index (χ1v) is 5.36. The van der Waals surface area contributed by atoms with Gasteiger partial charge in [0.2, 0.25) is 0 Å². The van der Waals surface area contributed by atoms with Crippen LogP contribution in [0.1, 0.15) is 19.2 Å². The Morgan fingerprint density at radius 1 is 1.20 bits per heavy atom. The molecule has 2 aromatic heterocycles. The van der Waals surface area contributed by atoms with Crippen LogP contribution in [0.3, 0.4) is 0 Å². The van der Waals surface area contributed by atoms with Gasteiger partial charge in [0.05, 0.1) is 6.33 Å². The zero-order chi connectivity index (χ0) is 10.5. The van der Waals surface area contributed by atoms with Gasteiger partial charge in [0.1, 0.15) is 5.82 Å². The van der Waals surface area contributed by atoms with Crippen LogP contribution in [0.4, 0.5) is 0 Å². The molecule has 0 unspecified atom stereocenters. The molecule has 0 amide bonds. The second kappa shape index (κ2) is 4.77. The van der Waals surface area contributed by atoms with E-state index in [1.54, 1.807) is 0 Å². The molecule has 0 aliphatic rings. The lowest BCUT2D eigenvalue weighted by molar-refractivity contribution is 0.549.